The summed E-state index contributed by atoms with van der Waals surface area (Å²) in [7, 11) is 0. The smallest absolute Gasteiger partial charge is 0.234 e. The number of carbonyl (C=O) groups is 2. The van der Waals surface area contributed by atoms with Crippen molar-refractivity contribution < 1.29 is 9.59 Å². The molecule has 3 fully saturated rings. The summed E-state index contributed by atoms with van der Waals surface area (Å²) in [6, 6.07) is 4.06. The SMILES string of the molecule is O=C(CN1CCCC2(CCC(=O)N(CC3CC3)C2)C1)NCc1cccs1. The van der Waals surface area contributed by atoms with Crippen LogP contribution in [0.4, 0.5) is 0 Å². The second kappa shape index (κ2) is 7.69. The van der Waals surface area contributed by atoms with Crippen molar-refractivity contribution in [2.75, 3.05) is 32.7 Å². The Bertz CT molecular complexity index is 643. The molecule has 2 amide bonds. The molecule has 1 aromatic rings. The molecule has 3 heterocycles. The fraction of sp³-hybridized carbons (Fsp3) is 0.700. The molecular weight excluding hydrogens is 346 g/mol. The van der Waals surface area contributed by atoms with Gasteiger partial charge in [0, 0.05) is 36.3 Å². The summed E-state index contributed by atoms with van der Waals surface area (Å²) in [5.74, 6) is 1.20. The Balaban J connectivity index is 1.30. The lowest BCUT2D eigenvalue weighted by Gasteiger charge is -2.48. The predicted molar refractivity (Wildman–Crippen MR) is 103 cm³/mol. The summed E-state index contributed by atoms with van der Waals surface area (Å²) in [4.78, 5) is 30.2. The minimum absolute atomic E-state index is 0.108. The van der Waals surface area contributed by atoms with Crippen LogP contribution in [0.3, 0.4) is 0 Å². The third-order valence-corrected chi connectivity index (χ3v) is 6.95. The maximum absolute atomic E-state index is 12.3. The molecule has 3 aliphatic rings. The molecule has 0 radical (unpaired) electrons. The maximum atomic E-state index is 12.3. The van der Waals surface area contributed by atoms with Crippen LogP contribution in [0.2, 0.25) is 0 Å². The number of rotatable bonds is 6. The zero-order chi connectivity index (χ0) is 18.0. The highest BCUT2D eigenvalue weighted by Crippen LogP contribution is 2.40. The van der Waals surface area contributed by atoms with Crippen LogP contribution in [0.25, 0.3) is 0 Å². The first-order chi connectivity index (χ1) is 12.6. The van der Waals surface area contributed by atoms with Gasteiger partial charge in [0.25, 0.3) is 0 Å². The molecule has 1 N–H and O–H groups in total. The minimum Gasteiger partial charge on any atom is -0.350 e. The van der Waals surface area contributed by atoms with Gasteiger partial charge < -0.3 is 10.2 Å². The molecule has 0 bridgehead atoms. The average Bonchev–Trinajstić information content (AvgIpc) is 3.28. The quantitative estimate of drug-likeness (QED) is 0.831. The lowest BCUT2D eigenvalue weighted by molar-refractivity contribution is -0.140. The van der Waals surface area contributed by atoms with E-state index >= 15 is 0 Å². The van der Waals surface area contributed by atoms with Crippen molar-refractivity contribution in [3.05, 3.63) is 22.4 Å². The highest BCUT2D eigenvalue weighted by molar-refractivity contribution is 7.09. The molecule has 1 aromatic heterocycles. The van der Waals surface area contributed by atoms with E-state index in [0.29, 0.717) is 25.4 Å². The van der Waals surface area contributed by atoms with Gasteiger partial charge in [-0.2, -0.15) is 0 Å². The standard InChI is InChI=1S/C20H29N3O2S/c24-18(21-11-17-3-1-10-26-17)13-22-9-2-7-20(14-22)8-6-19(25)23(15-20)12-16-4-5-16/h1,3,10,16H,2,4-9,11-15H2,(H,21,24). The number of hydrogen-bond donors (Lipinski definition) is 1. The summed E-state index contributed by atoms with van der Waals surface area (Å²) in [5.41, 5.74) is 0.203. The van der Waals surface area contributed by atoms with Crippen LogP contribution in [-0.4, -0.2) is 54.3 Å². The summed E-state index contributed by atoms with van der Waals surface area (Å²) in [6.07, 6.45) is 6.56. The van der Waals surface area contributed by atoms with Gasteiger partial charge in [0.15, 0.2) is 0 Å². The van der Waals surface area contributed by atoms with Gasteiger partial charge in [0.2, 0.25) is 11.8 Å². The molecule has 2 saturated heterocycles. The van der Waals surface area contributed by atoms with E-state index in [9.17, 15) is 9.59 Å². The Labute approximate surface area is 159 Å². The van der Waals surface area contributed by atoms with Crippen LogP contribution in [0.5, 0.6) is 0 Å². The molecule has 1 saturated carbocycles. The molecule has 0 aromatic carbocycles. The monoisotopic (exact) mass is 375 g/mol. The zero-order valence-electron chi connectivity index (χ0n) is 15.4. The Morgan fingerprint density at radius 2 is 2.19 bits per heavy atom. The van der Waals surface area contributed by atoms with Crippen LogP contribution in [0.1, 0.15) is 43.4 Å². The van der Waals surface area contributed by atoms with Crippen LogP contribution in [0, 0.1) is 11.3 Å². The fourth-order valence-electron chi connectivity index (χ4n) is 4.52. The summed E-state index contributed by atoms with van der Waals surface area (Å²) in [5, 5.41) is 5.07. The van der Waals surface area contributed by atoms with Crippen LogP contribution in [-0.2, 0) is 16.1 Å². The maximum Gasteiger partial charge on any atom is 0.234 e. The van der Waals surface area contributed by atoms with Crippen molar-refractivity contribution in [2.24, 2.45) is 11.3 Å². The topological polar surface area (TPSA) is 52.7 Å². The molecule has 26 heavy (non-hydrogen) atoms. The van der Waals surface area contributed by atoms with Crippen LogP contribution >= 0.6 is 11.3 Å². The largest absolute Gasteiger partial charge is 0.350 e. The molecule has 4 rings (SSSR count). The first-order valence-corrected chi connectivity index (χ1v) is 10.8. The summed E-state index contributed by atoms with van der Waals surface area (Å²) in [6.45, 7) is 4.90. The van der Waals surface area contributed by atoms with Gasteiger partial charge in [-0.1, -0.05) is 6.07 Å². The molecule has 5 nitrogen and oxygen atoms in total. The van der Waals surface area contributed by atoms with E-state index in [4.69, 9.17) is 0 Å². The van der Waals surface area contributed by atoms with Gasteiger partial charge in [-0.25, -0.2) is 0 Å². The fourth-order valence-corrected chi connectivity index (χ4v) is 5.16. The Hall–Kier alpha value is -1.40. The van der Waals surface area contributed by atoms with Gasteiger partial charge in [0.05, 0.1) is 13.1 Å². The second-order valence-electron chi connectivity index (χ2n) is 8.39. The van der Waals surface area contributed by atoms with Gasteiger partial charge in [-0.15, -0.1) is 11.3 Å². The van der Waals surface area contributed by atoms with Crippen molar-refractivity contribution in [2.45, 2.75) is 45.1 Å². The molecule has 1 aliphatic carbocycles. The molecular formula is C20H29N3O2S. The average molecular weight is 376 g/mol. The molecule has 142 valence electrons. The van der Waals surface area contributed by atoms with E-state index in [2.05, 4.69) is 15.1 Å². The zero-order valence-corrected chi connectivity index (χ0v) is 16.2. The lowest BCUT2D eigenvalue weighted by atomic mass is 9.73. The van der Waals surface area contributed by atoms with E-state index in [1.54, 1.807) is 11.3 Å². The number of piperidine rings is 2. The van der Waals surface area contributed by atoms with E-state index in [1.165, 1.54) is 24.1 Å². The predicted octanol–water partition coefficient (Wildman–Crippen LogP) is 2.48. The Kier molecular flexibility index (Phi) is 5.32. The van der Waals surface area contributed by atoms with Gasteiger partial charge in [-0.05, 0) is 56.0 Å². The van der Waals surface area contributed by atoms with Crippen molar-refractivity contribution in [1.29, 1.82) is 0 Å². The third-order valence-electron chi connectivity index (χ3n) is 6.07. The van der Waals surface area contributed by atoms with Gasteiger partial charge in [0.1, 0.15) is 0 Å². The van der Waals surface area contributed by atoms with Crippen LogP contribution in [0.15, 0.2) is 17.5 Å². The lowest BCUT2D eigenvalue weighted by Crippen LogP contribution is -2.55. The van der Waals surface area contributed by atoms with Gasteiger partial charge >= 0.3 is 0 Å². The molecule has 6 heteroatoms. The van der Waals surface area contributed by atoms with E-state index in [0.717, 1.165) is 44.9 Å². The highest BCUT2D eigenvalue weighted by atomic mass is 32.1. The summed E-state index contributed by atoms with van der Waals surface area (Å²) < 4.78 is 0. The minimum atomic E-state index is 0.108. The number of likely N-dealkylation sites (tertiary alicyclic amines) is 2. The number of thiophene rings is 1. The number of amides is 2. The number of nitrogens with one attached hydrogen (secondary N) is 1. The third kappa shape index (κ3) is 4.46. The van der Waals surface area contributed by atoms with Crippen molar-refractivity contribution in [3.63, 3.8) is 0 Å². The Morgan fingerprint density at radius 3 is 2.96 bits per heavy atom. The number of nitrogens with zero attached hydrogens (tertiary/aromatic N) is 2. The molecule has 1 spiro atoms. The first kappa shape index (κ1) is 18.0. The molecule has 1 atom stereocenters. The molecule has 2 aliphatic heterocycles. The first-order valence-electron chi connectivity index (χ1n) is 9.91. The highest BCUT2D eigenvalue weighted by Gasteiger charge is 2.42. The van der Waals surface area contributed by atoms with E-state index < -0.39 is 0 Å². The van der Waals surface area contributed by atoms with Crippen molar-refractivity contribution in [3.8, 4) is 0 Å². The Morgan fingerprint density at radius 1 is 1.31 bits per heavy atom. The number of hydrogen-bond acceptors (Lipinski definition) is 4. The van der Waals surface area contributed by atoms with E-state index in [-0.39, 0.29) is 11.3 Å². The van der Waals surface area contributed by atoms with Gasteiger partial charge in [-0.3, -0.25) is 14.5 Å². The van der Waals surface area contributed by atoms with Crippen LogP contribution < -0.4 is 5.32 Å². The van der Waals surface area contributed by atoms with Crippen molar-refractivity contribution in [1.82, 2.24) is 15.1 Å². The molecule has 1 unspecified atom stereocenters. The number of carbonyl (C=O) groups excluding carboxylic acids is 2. The summed E-state index contributed by atoms with van der Waals surface area (Å²) >= 11 is 1.67. The van der Waals surface area contributed by atoms with E-state index in [1.807, 2.05) is 17.5 Å². The normalized spacial score (nSPS) is 27.1. The second-order valence-corrected chi connectivity index (χ2v) is 9.42. The van der Waals surface area contributed by atoms with Crippen molar-refractivity contribution >= 4 is 23.2 Å².